The SMILES string of the molecule is COc1ccc(C=Nn2c(SC)nnc2C(F)F)cc1COc1cc(C)c(Cl)c(C)c1. The summed E-state index contributed by atoms with van der Waals surface area (Å²) in [5.41, 5.74) is 3.32. The van der Waals surface area contributed by atoms with Gasteiger partial charge in [-0.15, -0.1) is 10.2 Å². The first-order valence-corrected chi connectivity index (χ1v) is 10.8. The third-order valence-corrected chi connectivity index (χ3v) is 5.66. The second kappa shape index (κ2) is 10.1. The highest BCUT2D eigenvalue weighted by molar-refractivity contribution is 7.98. The number of thioether (sulfide) groups is 1. The Hall–Kier alpha value is -2.65. The van der Waals surface area contributed by atoms with Crippen molar-refractivity contribution in [2.24, 2.45) is 5.10 Å². The van der Waals surface area contributed by atoms with Gasteiger partial charge in [-0.3, -0.25) is 0 Å². The molecule has 31 heavy (non-hydrogen) atoms. The number of nitrogens with zero attached hydrogens (tertiary/aromatic N) is 4. The lowest BCUT2D eigenvalue weighted by Gasteiger charge is -2.13. The lowest BCUT2D eigenvalue weighted by Crippen LogP contribution is -2.02. The third-order valence-electron chi connectivity index (χ3n) is 4.44. The highest BCUT2D eigenvalue weighted by Crippen LogP contribution is 2.28. The summed E-state index contributed by atoms with van der Waals surface area (Å²) in [6.45, 7) is 4.08. The van der Waals surface area contributed by atoms with E-state index in [0.717, 1.165) is 21.4 Å². The molecule has 2 aromatic carbocycles. The number of benzene rings is 2. The van der Waals surface area contributed by atoms with Gasteiger partial charge in [-0.2, -0.15) is 9.78 Å². The molecule has 0 spiro atoms. The predicted octanol–water partition coefficient (Wildman–Crippen LogP) is 5.68. The van der Waals surface area contributed by atoms with E-state index in [1.165, 1.54) is 18.0 Å². The number of methoxy groups -OCH3 is 1. The number of alkyl halides is 2. The van der Waals surface area contributed by atoms with Crippen LogP contribution in [0.15, 0.2) is 40.6 Å². The van der Waals surface area contributed by atoms with E-state index in [2.05, 4.69) is 15.3 Å². The molecule has 3 aromatic rings. The third kappa shape index (κ3) is 5.34. The highest BCUT2D eigenvalue weighted by Gasteiger charge is 2.19. The first-order valence-electron chi connectivity index (χ1n) is 9.22. The minimum atomic E-state index is -2.78. The van der Waals surface area contributed by atoms with E-state index in [1.54, 1.807) is 25.5 Å². The van der Waals surface area contributed by atoms with Gasteiger partial charge < -0.3 is 9.47 Å². The van der Waals surface area contributed by atoms with Gasteiger partial charge in [0.15, 0.2) is 0 Å². The number of hydrogen-bond acceptors (Lipinski definition) is 6. The summed E-state index contributed by atoms with van der Waals surface area (Å²) in [5, 5.41) is 12.4. The zero-order valence-corrected chi connectivity index (χ0v) is 19.0. The molecule has 3 rings (SSSR count). The smallest absolute Gasteiger partial charge is 0.299 e. The Morgan fingerprint density at radius 1 is 1.19 bits per heavy atom. The molecule has 0 radical (unpaired) electrons. The van der Waals surface area contributed by atoms with Crippen molar-refractivity contribution in [1.82, 2.24) is 14.9 Å². The zero-order valence-electron chi connectivity index (χ0n) is 17.4. The molecule has 0 aliphatic rings. The predicted molar refractivity (Wildman–Crippen MR) is 118 cm³/mol. The summed E-state index contributed by atoms with van der Waals surface area (Å²) >= 11 is 7.39. The minimum absolute atomic E-state index is 0.246. The molecule has 0 aliphatic carbocycles. The van der Waals surface area contributed by atoms with Crippen LogP contribution in [0, 0.1) is 13.8 Å². The number of hydrogen-bond donors (Lipinski definition) is 0. The molecule has 10 heteroatoms. The highest BCUT2D eigenvalue weighted by atomic mass is 35.5. The molecular weight excluding hydrogens is 446 g/mol. The van der Waals surface area contributed by atoms with Gasteiger partial charge in [0.25, 0.3) is 6.43 Å². The molecule has 0 unspecified atom stereocenters. The van der Waals surface area contributed by atoms with Gasteiger partial charge in [0.2, 0.25) is 11.0 Å². The Labute approximate surface area is 188 Å². The fourth-order valence-corrected chi connectivity index (χ4v) is 3.46. The minimum Gasteiger partial charge on any atom is -0.496 e. The maximum atomic E-state index is 13.2. The molecule has 1 aromatic heterocycles. The fraction of sp³-hybridized carbons (Fsp3) is 0.286. The van der Waals surface area contributed by atoms with Crippen LogP contribution in [-0.2, 0) is 6.61 Å². The quantitative estimate of drug-likeness (QED) is 0.316. The van der Waals surface area contributed by atoms with Crippen LogP contribution < -0.4 is 9.47 Å². The van der Waals surface area contributed by atoms with E-state index in [0.29, 0.717) is 22.1 Å². The van der Waals surface area contributed by atoms with E-state index in [1.807, 2.05) is 32.0 Å². The largest absolute Gasteiger partial charge is 0.496 e. The van der Waals surface area contributed by atoms with Gasteiger partial charge in [-0.25, -0.2) is 8.78 Å². The van der Waals surface area contributed by atoms with Gasteiger partial charge in [0.1, 0.15) is 18.1 Å². The number of aryl methyl sites for hydroxylation is 2. The summed E-state index contributed by atoms with van der Waals surface area (Å²) in [5.74, 6) is 0.823. The first kappa shape index (κ1) is 23.0. The fourth-order valence-electron chi connectivity index (χ4n) is 2.92. The normalized spacial score (nSPS) is 11.5. The van der Waals surface area contributed by atoms with Crippen LogP contribution in [0.3, 0.4) is 0 Å². The molecule has 0 aliphatic heterocycles. The van der Waals surface area contributed by atoms with E-state index in [4.69, 9.17) is 21.1 Å². The number of ether oxygens (including phenoxy) is 2. The molecule has 1 heterocycles. The summed E-state index contributed by atoms with van der Waals surface area (Å²) in [6, 6.07) is 9.11. The molecule has 164 valence electrons. The summed E-state index contributed by atoms with van der Waals surface area (Å²) in [6.07, 6.45) is 0.402. The van der Waals surface area contributed by atoms with Crippen molar-refractivity contribution in [3.63, 3.8) is 0 Å². The second-order valence-corrected chi connectivity index (χ2v) is 7.78. The van der Waals surface area contributed by atoms with Gasteiger partial charge in [-0.05, 0) is 67.1 Å². The van der Waals surface area contributed by atoms with Crippen molar-refractivity contribution < 1.29 is 18.3 Å². The Kier molecular flexibility index (Phi) is 7.50. The topological polar surface area (TPSA) is 61.5 Å². The Bertz CT molecular complexity index is 1080. The van der Waals surface area contributed by atoms with Gasteiger partial charge in [-0.1, -0.05) is 23.4 Å². The van der Waals surface area contributed by atoms with Crippen LogP contribution in [0.4, 0.5) is 8.78 Å². The van der Waals surface area contributed by atoms with Crippen molar-refractivity contribution in [1.29, 1.82) is 0 Å². The lowest BCUT2D eigenvalue weighted by atomic mass is 10.1. The monoisotopic (exact) mass is 466 g/mol. The van der Waals surface area contributed by atoms with E-state index in [9.17, 15) is 8.78 Å². The Balaban J connectivity index is 1.84. The first-order chi connectivity index (χ1) is 14.8. The summed E-state index contributed by atoms with van der Waals surface area (Å²) < 4.78 is 38.7. The average molecular weight is 467 g/mol. The zero-order chi connectivity index (χ0) is 22.5. The van der Waals surface area contributed by atoms with Crippen LogP contribution in [0.2, 0.25) is 5.02 Å². The van der Waals surface area contributed by atoms with E-state index in [-0.39, 0.29) is 11.8 Å². The molecule has 0 amide bonds. The Morgan fingerprint density at radius 3 is 2.52 bits per heavy atom. The molecule has 6 nitrogen and oxygen atoms in total. The molecule has 0 atom stereocenters. The van der Waals surface area contributed by atoms with E-state index >= 15 is 0 Å². The van der Waals surface area contributed by atoms with Crippen molar-refractivity contribution in [2.75, 3.05) is 13.4 Å². The molecule has 0 N–H and O–H groups in total. The van der Waals surface area contributed by atoms with Crippen LogP contribution >= 0.6 is 23.4 Å². The number of halogens is 3. The average Bonchev–Trinajstić information content (AvgIpc) is 3.17. The van der Waals surface area contributed by atoms with Crippen molar-refractivity contribution in [2.45, 2.75) is 32.0 Å². The lowest BCUT2D eigenvalue weighted by molar-refractivity contribution is 0.135. The molecule has 0 bridgehead atoms. The summed E-state index contributed by atoms with van der Waals surface area (Å²) in [4.78, 5) is 0. The maximum absolute atomic E-state index is 13.2. The van der Waals surface area contributed by atoms with Crippen molar-refractivity contribution in [3.05, 3.63) is 63.4 Å². The molecule has 0 saturated heterocycles. The standard InChI is InChI=1S/C21H21ClF2N4O2S/c1-12-7-16(8-13(2)18(12)22)30-11-15-9-14(5-6-17(15)29-3)10-25-28-20(19(23)24)26-27-21(28)31-4/h5-10,19H,11H2,1-4H3. The molecule has 0 fully saturated rings. The number of aromatic nitrogens is 3. The number of rotatable bonds is 8. The summed E-state index contributed by atoms with van der Waals surface area (Å²) in [7, 11) is 1.57. The van der Waals surface area contributed by atoms with Gasteiger partial charge >= 0.3 is 0 Å². The van der Waals surface area contributed by atoms with Gasteiger partial charge in [0, 0.05) is 10.6 Å². The maximum Gasteiger partial charge on any atom is 0.299 e. The Morgan fingerprint density at radius 2 is 1.90 bits per heavy atom. The van der Waals surface area contributed by atoms with Crippen molar-refractivity contribution in [3.8, 4) is 11.5 Å². The van der Waals surface area contributed by atoms with Crippen LogP contribution in [0.5, 0.6) is 11.5 Å². The van der Waals surface area contributed by atoms with E-state index < -0.39 is 12.2 Å². The van der Waals surface area contributed by atoms with Crippen molar-refractivity contribution >= 4 is 29.6 Å². The molecule has 0 saturated carbocycles. The van der Waals surface area contributed by atoms with Gasteiger partial charge in [0.05, 0.1) is 13.3 Å². The molecular formula is C21H21ClF2N4O2S. The van der Waals surface area contributed by atoms with Crippen LogP contribution in [0.25, 0.3) is 0 Å². The van der Waals surface area contributed by atoms with Crippen LogP contribution in [0.1, 0.15) is 34.5 Å². The van der Waals surface area contributed by atoms with Crippen LogP contribution in [-0.4, -0.2) is 34.5 Å². The second-order valence-electron chi connectivity index (χ2n) is 6.63.